The number of likely N-dealkylation sites (tertiary alicyclic amines) is 1. The summed E-state index contributed by atoms with van der Waals surface area (Å²) < 4.78 is 0. The number of hydrogen-bond donors (Lipinski definition) is 2. The average molecular weight is 294 g/mol. The number of nitrogens with zero attached hydrogens (tertiary/aromatic N) is 1. The summed E-state index contributed by atoms with van der Waals surface area (Å²) in [7, 11) is 0. The molecule has 1 saturated carbocycles. The van der Waals surface area contributed by atoms with Crippen LogP contribution < -0.4 is 5.32 Å². The van der Waals surface area contributed by atoms with E-state index < -0.39 is 11.9 Å². The van der Waals surface area contributed by atoms with Crippen LogP contribution in [0.15, 0.2) is 12.1 Å². The number of carbonyl (C=O) groups excluding carboxylic acids is 2. The van der Waals surface area contributed by atoms with Crippen LogP contribution in [0.1, 0.15) is 22.5 Å². The molecule has 6 nitrogen and oxygen atoms in total. The second-order valence-corrected chi connectivity index (χ2v) is 6.26. The first-order chi connectivity index (χ1) is 9.54. The van der Waals surface area contributed by atoms with E-state index in [9.17, 15) is 14.4 Å². The minimum Gasteiger partial charge on any atom is -0.481 e. The quantitative estimate of drug-likeness (QED) is 0.875. The lowest BCUT2D eigenvalue weighted by atomic mass is 10.0. The van der Waals surface area contributed by atoms with Gasteiger partial charge >= 0.3 is 5.97 Å². The molecule has 2 heterocycles. The number of carboxylic acids is 1. The molecule has 2 aliphatic rings. The van der Waals surface area contributed by atoms with Gasteiger partial charge in [0.1, 0.15) is 0 Å². The van der Waals surface area contributed by atoms with Crippen LogP contribution >= 0.6 is 11.3 Å². The summed E-state index contributed by atoms with van der Waals surface area (Å²) in [5, 5.41) is 12.2. The maximum absolute atomic E-state index is 12.1. The summed E-state index contributed by atoms with van der Waals surface area (Å²) in [5.74, 6) is -1.34. The van der Waals surface area contributed by atoms with Crippen molar-refractivity contribution in [3.63, 3.8) is 0 Å². The van der Waals surface area contributed by atoms with Crippen LogP contribution in [0.5, 0.6) is 0 Å². The van der Waals surface area contributed by atoms with Crippen molar-refractivity contribution in [1.29, 1.82) is 0 Å². The molecule has 1 saturated heterocycles. The van der Waals surface area contributed by atoms with Crippen LogP contribution in [0.25, 0.3) is 0 Å². The zero-order valence-corrected chi connectivity index (χ0v) is 11.5. The molecule has 106 valence electrons. The summed E-state index contributed by atoms with van der Waals surface area (Å²) in [5.41, 5.74) is 0. The molecule has 7 heteroatoms. The Hall–Kier alpha value is -1.89. The second-order valence-electron chi connectivity index (χ2n) is 5.17. The summed E-state index contributed by atoms with van der Waals surface area (Å²) in [6, 6.07) is 3.39. The number of nitrogens with one attached hydrogen (secondary N) is 1. The first kappa shape index (κ1) is 13.1. The van der Waals surface area contributed by atoms with E-state index in [0.29, 0.717) is 9.88 Å². The molecular weight excluding hydrogens is 280 g/mol. The maximum atomic E-state index is 12.1. The van der Waals surface area contributed by atoms with Gasteiger partial charge in [-0.05, 0) is 25.0 Å². The van der Waals surface area contributed by atoms with E-state index in [2.05, 4.69) is 5.32 Å². The summed E-state index contributed by atoms with van der Waals surface area (Å²) in [6.45, 7) is 0.520. The molecular formula is C13H14N2O4S. The SMILES string of the molecule is O=C(O)C1CN(C(=O)c2ccc(NC(=O)C3CC3)s2)C1. The van der Waals surface area contributed by atoms with Gasteiger partial charge in [-0.25, -0.2) is 0 Å². The third kappa shape index (κ3) is 2.53. The molecule has 20 heavy (non-hydrogen) atoms. The maximum Gasteiger partial charge on any atom is 0.310 e. The Balaban J connectivity index is 1.57. The number of amides is 2. The highest BCUT2D eigenvalue weighted by Crippen LogP contribution is 2.32. The van der Waals surface area contributed by atoms with E-state index in [4.69, 9.17) is 5.11 Å². The third-order valence-corrected chi connectivity index (χ3v) is 4.52. The van der Waals surface area contributed by atoms with E-state index in [-0.39, 0.29) is 30.8 Å². The average Bonchev–Trinajstić information content (AvgIpc) is 3.08. The smallest absolute Gasteiger partial charge is 0.310 e. The molecule has 1 aromatic heterocycles. The van der Waals surface area contributed by atoms with Gasteiger partial charge in [0.05, 0.1) is 15.8 Å². The first-order valence-electron chi connectivity index (χ1n) is 6.47. The molecule has 0 radical (unpaired) electrons. The van der Waals surface area contributed by atoms with Crippen molar-refractivity contribution < 1.29 is 19.5 Å². The predicted molar refractivity (Wildman–Crippen MR) is 72.7 cm³/mol. The van der Waals surface area contributed by atoms with Crippen LogP contribution in [-0.4, -0.2) is 40.9 Å². The molecule has 3 rings (SSSR count). The first-order valence-corrected chi connectivity index (χ1v) is 7.29. The Morgan fingerprint density at radius 1 is 1.20 bits per heavy atom. The largest absolute Gasteiger partial charge is 0.481 e. The van der Waals surface area contributed by atoms with Gasteiger partial charge in [-0.2, -0.15) is 0 Å². The highest BCUT2D eigenvalue weighted by Gasteiger charge is 2.36. The highest BCUT2D eigenvalue weighted by atomic mass is 32.1. The zero-order chi connectivity index (χ0) is 14.3. The van der Waals surface area contributed by atoms with Crippen LogP contribution in [0.4, 0.5) is 5.00 Å². The minimum absolute atomic E-state index is 0.0146. The van der Waals surface area contributed by atoms with Gasteiger partial charge in [-0.3, -0.25) is 14.4 Å². The van der Waals surface area contributed by atoms with Crippen molar-refractivity contribution >= 4 is 34.1 Å². The minimum atomic E-state index is -0.863. The fourth-order valence-corrected chi connectivity index (χ4v) is 2.92. The Morgan fingerprint density at radius 3 is 2.50 bits per heavy atom. The summed E-state index contributed by atoms with van der Waals surface area (Å²) >= 11 is 1.23. The van der Waals surface area contributed by atoms with Crippen molar-refractivity contribution in [2.45, 2.75) is 12.8 Å². The molecule has 0 spiro atoms. The van der Waals surface area contributed by atoms with Crippen molar-refractivity contribution in [3.05, 3.63) is 17.0 Å². The van der Waals surface area contributed by atoms with Crippen molar-refractivity contribution in [2.24, 2.45) is 11.8 Å². The van der Waals surface area contributed by atoms with Gasteiger partial charge < -0.3 is 15.3 Å². The lowest BCUT2D eigenvalue weighted by Gasteiger charge is -2.36. The number of hydrogen-bond acceptors (Lipinski definition) is 4. The molecule has 2 N–H and O–H groups in total. The number of rotatable bonds is 4. The van der Waals surface area contributed by atoms with Crippen LogP contribution in [0.2, 0.25) is 0 Å². The number of thiophene rings is 1. The molecule has 1 aliphatic heterocycles. The van der Waals surface area contributed by atoms with Crippen molar-refractivity contribution in [1.82, 2.24) is 4.90 Å². The Bertz CT molecular complexity index is 573. The monoisotopic (exact) mass is 294 g/mol. The second kappa shape index (κ2) is 4.90. The molecule has 0 atom stereocenters. The molecule has 2 fully saturated rings. The van der Waals surface area contributed by atoms with Gasteiger partial charge in [0.25, 0.3) is 5.91 Å². The fourth-order valence-electron chi connectivity index (χ4n) is 2.05. The van der Waals surface area contributed by atoms with E-state index >= 15 is 0 Å². The van der Waals surface area contributed by atoms with Crippen LogP contribution in [-0.2, 0) is 9.59 Å². The number of carboxylic acid groups (broad SMARTS) is 1. The van der Waals surface area contributed by atoms with Crippen molar-refractivity contribution in [2.75, 3.05) is 18.4 Å². The fraction of sp³-hybridized carbons (Fsp3) is 0.462. The lowest BCUT2D eigenvalue weighted by Crippen LogP contribution is -2.52. The predicted octanol–water partition coefficient (Wildman–Crippen LogP) is 1.25. The van der Waals surface area contributed by atoms with Gasteiger partial charge in [-0.1, -0.05) is 0 Å². The van der Waals surface area contributed by atoms with Gasteiger partial charge in [-0.15, -0.1) is 11.3 Å². The van der Waals surface area contributed by atoms with Gasteiger partial charge in [0.15, 0.2) is 0 Å². The Labute approximate surface area is 119 Å². The Morgan fingerprint density at radius 2 is 1.90 bits per heavy atom. The molecule has 2 amide bonds. The van der Waals surface area contributed by atoms with E-state index in [1.807, 2.05) is 0 Å². The molecule has 0 unspecified atom stereocenters. The zero-order valence-electron chi connectivity index (χ0n) is 10.7. The van der Waals surface area contributed by atoms with E-state index in [0.717, 1.165) is 12.8 Å². The van der Waals surface area contributed by atoms with Gasteiger partial charge in [0, 0.05) is 19.0 Å². The number of anilines is 1. The number of aliphatic carboxylic acids is 1. The summed E-state index contributed by atoms with van der Waals surface area (Å²) in [4.78, 5) is 36.4. The summed E-state index contributed by atoms with van der Waals surface area (Å²) in [6.07, 6.45) is 1.88. The topological polar surface area (TPSA) is 86.7 Å². The lowest BCUT2D eigenvalue weighted by molar-refractivity contribution is -0.146. The Kier molecular flexibility index (Phi) is 3.21. The van der Waals surface area contributed by atoms with Crippen LogP contribution in [0, 0.1) is 11.8 Å². The number of carbonyl (C=O) groups is 3. The molecule has 1 aliphatic carbocycles. The van der Waals surface area contributed by atoms with Gasteiger partial charge in [0.2, 0.25) is 5.91 Å². The van der Waals surface area contributed by atoms with E-state index in [1.165, 1.54) is 16.2 Å². The standard InChI is InChI=1S/C13H14N2O4S/c16-11(7-1-2-7)14-10-4-3-9(20-10)12(17)15-5-8(6-15)13(18)19/h3-4,7-8H,1-2,5-6H2,(H,14,16)(H,18,19). The molecule has 1 aromatic rings. The molecule has 0 bridgehead atoms. The highest BCUT2D eigenvalue weighted by molar-refractivity contribution is 7.18. The van der Waals surface area contributed by atoms with E-state index in [1.54, 1.807) is 12.1 Å². The third-order valence-electron chi connectivity index (χ3n) is 3.53. The van der Waals surface area contributed by atoms with Crippen molar-refractivity contribution in [3.8, 4) is 0 Å². The molecule has 0 aromatic carbocycles. The normalized spacial score (nSPS) is 18.5. The van der Waals surface area contributed by atoms with Crippen LogP contribution in [0.3, 0.4) is 0 Å².